The molecule has 0 fully saturated rings. The van der Waals surface area contributed by atoms with Crippen LogP contribution in [0.25, 0.3) is 17.1 Å². The highest BCUT2D eigenvalue weighted by Gasteiger charge is 2.17. The molecule has 4 rings (SSSR count). The average Bonchev–Trinajstić information content (AvgIpc) is 3.37. The molecule has 10 heteroatoms. The minimum absolute atomic E-state index is 0.109. The summed E-state index contributed by atoms with van der Waals surface area (Å²) in [5.41, 5.74) is 5.09. The number of para-hydroxylation sites is 1. The molecule has 0 unspecified atom stereocenters. The zero-order valence-electron chi connectivity index (χ0n) is 20.7. The van der Waals surface area contributed by atoms with Crippen LogP contribution in [0.4, 0.5) is 0 Å². The summed E-state index contributed by atoms with van der Waals surface area (Å²) in [6.07, 6.45) is 1.55. The van der Waals surface area contributed by atoms with Crippen LogP contribution in [0.3, 0.4) is 0 Å². The molecule has 0 spiro atoms. The van der Waals surface area contributed by atoms with Gasteiger partial charge in [-0.3, -0.25) is 9.36 Å². The van der Waals surface area contributed by atoms with E-state index in [0.29, 0.717) is 29.1 Å². The van der Waals surface area contributed by atoms with Gasteiger partial charge in [0.05, 0.1) is 32.8 Å². The van der Waals surface area contributed by atoms with Gasteiger partial charge >= 0.3 is 0 Å². The third-order valence-corrected chi connectivity index (χ3v) is 6.15. The Morgan fingerprint density at radius 1 is 1.00 bits per heavy atom. The van der Waals surface area contributed by atoms with E-state index in [1.807, 2.05) is 72.2 Å². The predicted molar refractivity (Wildman–Crippen MR) is 144 cm³/mol. The van der Waals surface area contributed by atoms with Crippen molar-refractivity contribution in [3.8, 4) is 34.3 Å². The third kappa shape index (κ3) is 6.47. The van der Waals surface area contributed by atoms with Crippen molar-refractivity contribution in [2.75, 3.05) is 26.6 Å². The number of hydrogen-bond acceptors (Lipinski definition) is 8. The van der Waals surface area contributed by atoms with Crippen molar-refractivity contribution < 1.29 is 19.0 Å². The highest BCUT2D eigenvalue weighted by Crippen LogP contribution is 2.29. The Hall–Kier alpha value is -4.31. The highest BCUT2D eigenvalue weighted by atomic mass is 32.2. The summed E-state index contributed by atoms with van der Waals surface area (Å²) in [6.45, 7) is 2.45. The number of benzene rings is 3. The van der Waals surface area contributed by atoms with Gasteiger partial charge in [0.15, 0.2) is 22.5 Å². The molecule has 190 valence electrons. The molecule has 1 N–H and O–H groups in total. The maximum absolute atomic E-state index is 12.5. The molecular formula is C27H27N5O4S. The molecule has 0 radical (unpaired) electrons. The lowest BCUT2D eigenvalue weighted by Gasteiger charge is -2.10. The number of hydrazone groups is 1. The Morgan fingerprint density at radius 2 is 1.78 bits per heavy atom. The molecule has 0 saturated carbocycles. The van der Waals surface area contributed by atoms with Gasteiger partial charge in [0, 0.05) is 11.3 Å². The summed E-state index contributed by atoms with van der Waals surface area (Å²) in [6, 6.07) is 22.8. The normalized spacial score (nSPS) is 10.9. The van der Waals surface area contributed by atoms with Gasteiger partial charge in [-0.15, -0.1) is 10.2 Å². The fourth-order valence-electron chi connectivity index (χ4n) is 3.48. The first-order valence-corrected chi connectivity index (χ1v) is 12.5. The fraction of sp³-hybridized carbons (Fsp3) is 0.185. The van der Waals surface area contributed by atoms with E-state index >= 15 is 0 Å². The lowest BCUT2D eigenvalue weighted by Crippen LogP contribution is -2.20. The Labute approximate surface area is 219 Å². The zero-order chi connectivity index (χ0) is 26.0. The van der Waals surface area contributed by atoms with E-state index in [-0.39, 0.29) is 11.7 Å². The number of ether oxygens (including phenoxy) is 3. The number of nitrogens with one attached hydrogen (secondary N) is 1. The van der Waals surface area contributed by atoms with Crippen molar-refractivity contribution >= 4 is 23.9 Å². The Kier molecular flexibility index (Phi) is 8.77. The minimum atomic E-state index is -0.271. The number of amides is 1. The van der Waals surface area contributed by atoms with E-state index in [1.54, 1.807) is 32.6 Å². The van der Waals surface area contributed by atoms with Gasteiger partial charge < -0.3 is 14.2 Å². The molecule has 9 nitrogen and oxygen atoms in total. The number of carbonyl (C=O) groups excluding carboxylic acids is 1. The fourth-order valence-corrected chi connectivity index (χ4v) is 4.22. The van der Waals surface area contributed by atoms with Crippen LogP contribution in [-0.4, -0.2) is 53.5 Å². The van der Waals surface area contributed by atoms with Gasteiger partial charge in [0.1, 0.15) is 5.75 Å². The van der Waals surface area contributed by atoms with Crippen LogP contribution in [0.1, 0.15) is 12.5 Å². The molecule has 1 aromatic heterocycles. The first-order chi connectivity index (χ1) is 18.1. The van der Waals surface area contributed by atoms with Crippen LogP contribution in [0, 0.1) is 0 Å². The summed E-state index contributed by atoms with van der Waals surface area (Å²) in [7, 11) is 3.20. The van der Waals surface area contributed by atoms with Gasteiger partial charge in [-0.2, -0.15) is 5.10 Å². The molecular weight excluding hydrogens is 490 g/mol. The van der Waals surface area contributed by atoms with Crippen LogP contribution in [0.15, 0.2) is 83.1 Å². The summed E-state index contributed by atoms with van der Waals surface area (Å²) >= 11 is 1.28. The van der Waals surface area contributed by atoms with Crippen molar-refractivity contribution in [2.45, 2.75) is 12.1 Å². The number of rotatable bonds is 11. The van der Waals surface area contributed by atoms with Crippen molar-refractivity contribution in [2.24, 2.45) is 5.10 Å². The topological polar surface area (TPSA) is 99.9 Å². The van der Waals surface area contributed by atoms with E-state index in [1.165, 1.54) is 11.8 Å². The summed E-state index contributed by atoms with van der Waals surface area (Å²) < 4.78 is 18.1. The predicted octanol–water partition coefficient (Wildman–Crippen LogP) is 4.59. The minimum Gasteiger partial charge on any atom is -0.497 e. The van der Waals surface area contributed by atoms with Gasteiger partial charge in [-0.1, -0.05) is 30.0 Å². The van der Waals surface area contributed by atoms with E-state index in [9.17, 15) is 4.79 Å². The smallest absolute Gasteiger partial charge is 0.250 e. The van der Waals surface area contributed by atoms with Crippen LogP contribution < -0.4 is 19.6 Å². The summed E-state index contributed by atoms with van der Waals surface area (Å²) in [5, 5.41) is 13.4. The lowest BCUT2D eigenvalue weighted by molar-refractivity contribution is -0.118. The summed E-state index contributed by atoms with van der Waals surface area (Å²) in [5.74, 6) is 2.51. The van der Waals surface area contributed by atoms with Crippen molar-refractivity contribution in [3.05, 3.63) is 78.4 Å². The first-order valence-electron chi connectivity index (χ1n) is 11.5. The third-order valence-electron chi connectivity index (χ3n) is 5.22. The van der Waals surface area contributed by atoms with E-state index in [2.05, 4.69) is 20.7 Å². The molecule has 1 heterocycles. The lowest BCUT2D eigenvalue weighted by atomic mass is 10.2. The monoisotopic (exact) mass is 517 g/mol. The second kappa shape index (κ2) is 12.6. The largest absolute Gasteiger partial charge is 0.497 e. The number of aromatic nitrogens is 3. The van der Waals surface area contributed by atoms with Gasteiger partial charge in [-0.05, 0) is 67.1 Å². The van der Waals surface area contributed by atoms with Gasteiger partial charge in [-0.25, -0.2) is 5.43 Å². The molecule has 0 aliphatic rings. The van der Waals surface area contributed by atoms with Crippen molar-refractivity contribution in [1.82, 2.24) is 20.2 Å². The number of hydrogen-bond donors (Lipinski definition) is 1. The van der Waals surface area contributed by atoms with Crippen LogP contribution >= 0.6 is 11.8 Å². The number of methoxy groups -OCH3 is 2. The maximum Gasteiger partial charge on any atom is 0.250 e. The second-order valence-electron chi connectivity index (χ2n) is 7.63. The Bertz CT molecular complexity index is 1360. The van der Waals surface area contributed by atoms with E-state index < -0.39 is 0 Å². The summed E-state index contributed by atoms with van der Waals surface area (Å²) in [4.78, 5) is 12.5. The van der Waals surface area contributed by atoms with Crippen molar-refractivity contribution in [3.63, 3.8) is 0 Å². The van der Waals surface area contributed by atoms with E-state index in [4.69, 9.17) is 14.2 Å². The van der Waals surface area contributed by atoms with Gasteiger partial charge in [0.2, 0.25) is 0 Å². The number of thioether (sulfide) groups is 1. The van der Waals surface area contributed by atoms with Crippen LogP contribution in [0.2, 0.25) is 0 Å². The van der Waals surface area contributed by atoms with E-state index in [0.717, 1.165) is 22.6 Å². The molecule has 0 atom stereocenters. The van der Waals surface area contributed by atoms with Crippen molar-refractivity contribution in [1.29, 1.82) is 0 Å². The molecule has 4 aromatic rings. The first kappa shape index (κ1) is 25.8. The molecule has 37 heavy (non-hydrogen) atoms. The Morgan fingerprint density at radius 3 is 2.49 bits per heavy atom. The molecule has 1 amide bonds. The Balaban J connectivity index is 1.45. The quantitative estimate of drug-likeness (QED) is 0.176. The molecule has 0 aliphatic heterocycles. The highest BCUT2D eigenvalue weighted by molar-refractivity contribution is 7.99. The standard InChI is InChI=1S/C27H27N5O4S/c1-4-36-23-15-10-19(16-24(23)35-3)17-28-29-25(33)18-37-27-31-30-26(20-11-13-22(34-2)14-12-20)32(27)21-8-6-5-7-9-21/h5-17H,4,18H2,1-3H3,(H,29,33)/b28-17-. The molecule has 0 bridgehead atoms. The SMILES string of the molecule is CCOc1ccc(/C=N\NC(=O)CSc2nnc(-c3ccc(OC)cc3)n2-c2ccccc2)cc1OC. The molecule has 3 aromatic carbocycles. The zero-order valence-corrected chi connectivity index (χ0v) is 21.6. The average molecular weight is 518 g/mol. The second-order valence-corrected chi connectivity index (χ2v) is 8.57. The molecule has 0 saturated heterocycles. The number of carbonyl (C=O) groups is 1. The molecule has 0 aliphatic carbocycles. The van der Waals surface area contributed by atoms with Crippen LogP contribution in [-0.2, 0) is 4.79 Å². The van der Waals surface area contributed by atoms with Crippen LogP contribution in [0.5, 0.6) is 17.2 Å². The van der Waals surface area contributed by atoms with Gasteiger partial charge in [0.25, 0.3) is 5.91 Å². The number of nitrogens with zero attached hydrogens (tertiary/aromatic N) is 4. The maximum atomic E-state index is 12.5.